The van der Waals surface area contributed by atoms with E-state index in [0.717, 1.165) is 24.6 Å². The fraction of sp³-hybridized carbons (Fsp3) is 0.357. The van der Waals surface area contributed by atoms with Crippen LogP contribution in [0.15, 0.2) is 24.4 Å². The molecular formula is C14H17F2N3. The Hall–Kier alpha value is -1.75. The summed E-state index contributed by atoms with van der Waals surface area (Å²) in [4.78, 5) is 0. The highest BCUT2D eigenvalue weighted by Crippen LogP contribution is 2.25. The molecule has 1 heterocycles. The standard InChI is InChI=1S/C14H17F2N3/c1-3-6-17-8-10-9-19(2)18-14(10)12-5-4-11(15)7-13(12)16/h4-5,7,9,17H,3,6,8H2,1-2H3. The molecule has 0 saturated heterocycles. The van der Waals surface area contributed by atoms with Crippen LogP contribution in [0.2, 0.25) is 0 Å². The molecule has 0 unspecified atom stereocenters. The van der Waals surface area contributed by atoms with Crippen molar-refractivity contribution in [2.24, 2.45) is 7.05 Å². The third-order valence-electron chi connectivity index (χ3n) is 2.83. The lowest BCUT2D eigenvalue weighted by molar-refractivity contribution is 0.584. The van der Waals surface area contributed by atoms with E-state index in [1.165, 1.54) is 12.1 Å². The van der Waals surface area contributed by atoms with Gasteiger partial charge in [-0.25, -0.2) is 8.78 Å². The van der Waals surface area contributed by atoms with E-state index in [4.69, 9.17) is 0 Å². The molecule has 0 aliphatic carbocycles. The van der Waals surface area contributed by atoms with Crippen molar-refractivity contribution in [1.82, 2.24) is 15.1 Å². The zero-order chi connectivity index (χ0) is 13.8. The normalized spacial score (nSPS) is 10.9. The maximum Gasteiger partial charge on any atom is 0.135 e. The van der Waals surface area contributed by atoms with Gasteiger partial charge in [-0.1, -0.05) is 6.92 Å². The molecule has 0 atom stereocenters. The van der Waals surface area contributed by atoms with Gasteiger partial charge in [-0.05, 0) is 25.1 Å². The molecular weight excluding hydrogens is 248 g/mol. The van der Waals surface area contributed by atoms with Gasteiger partial charge in [-0.2, -0.15) is 5.10 Å². The van der Waals surface area contributed by atoms with Crippen LogP contribution in [0.5, 0.6) is 0 Å². The van der Waals surface area contributed by atoms with Crippen molar-refractivity contribution in [2.75, 3.05) is 6.54 Å². The van der Waals surface area contributed by atoms with E-state index < -0.39 is 11.6 Å². The van der Waals surface area contributed by atoms with Gasteiger partial charge in [0.25, 0.3) is 0 Å². The summed E-state index contributed by atoms with van der Waals surface area (Å²) in [5.74, 6) is -1.17. The van der Waals surface area contributed by atoms with Crippen LogP contribution < -0.4 is 5.32 Å². The molecule has 1 N–H and O–H groups in total. The van der Waals surface area contributed by atoms with E-state index in [9.17, 15) is 8.78 Å². The van der Waals surface area contributed by atoms with Gasteiger partial charge in [-0.15, -0.1) is 0 Å². The largest absolute Gasteiger partial charge is 0.313 e. The number of nitrogens with one attached hydrogen (secondary N) is 1. The lowest BCUT2D eigenvalue weighted by Gasteiger charge is -2.05. The van der Waals surface area contributed by atoms with Crippen LogP contribution >= 0.6 is 0 Å². The van der Waals surface area contributed by atoms with E-state index in [1.54, 1.807) is 11.7 Å². The first kappa shape index (κ1) is 13.7. The lowest BCUT2D eigenvalue weighted by atomic mass is 10.1. The van der Waals surface area contributed by atoms with Crippen molar-refractivity contribution < 1.29 is 8.78 Å². The minimum atomic E-state index is -0.588. The number of rotatable bonds is 5. The molecule has 1 aromatic carbocycles. The van der Waals surface area contributed by atoms with Gasteiger partial charge < -0.3 is 5.32 Å². The molecule has 0 aliphatic heterocycles. The number of halogens is 2. The Morgan fingerprint density at radius 3 is 2.79 bits per heavy atom. The van der Waals surface area contributed by atoms with Gasteiger partial charge in [0.2, 0.25) is 0 Å². The third-order valence-corrected chi connectivity index (χ3v) is 2.83. The minimum absolute atomic E-state index is 0.329. The van der Waals surface area contributed by atoms with Crippen molar-refractivity contribution in [1.29, 1.82) is 0 Å². The van der Waals surface area contributed by atoms with Crippen molar-refractivity contribution in [3.8, 4) is 11.3 Å². The first-order valence-electron chi connectivity index (χ1n) is 6.30. The molecule has 0 aliphatic rings. The molecule has 1 aromatic heterocycles. The quantitative estimate of drug-likeness (QED) is 0.842. The van der Waals surface area contributed by atoms with Crippen LogP contribution in [0.25, 0.3) is 11.3 Å². The Balaban J connectivity index is 2.32. The summed E-state index contributed by atoms with van der Waals surface area (Å²) >= 11 is 0. The summed E-state index contributed by atoms with van der Waals surface area (Å²) < 4.78 is 28.4. The summed E-state index contributed by atoms with van der Waals surface area (Å²) in [6.07, 6.45) is 2.88. The first-order chi connectivity index (χ1) is 9.11. The first-order valence-corrected chi connectivity index (χ1v) is 6.30. The van der Waals surface area contributed by atoms with Crippen LogP contribution in [0.4, 0.5) is 8.78 Å². The number of aromatic nitrogens is 2. The molecule has 0 fully saturated rings. The molecule has 0 radical (unpaired) electrons. The minimum Gasteiger partial charge on any atom is -0.313 e. The van der Waals surface area contributed by atoms with Crippen LogP contribution in [-0.4, -0.2) is 16.3 Å². The van der Waals surface area contributed by atoms with Gasteiger partial charge >= 0.3 is 0 Å². The van der Waals surface area contributed by atoms with Gasteiger partial charge in [0.05, 0.1) is 5.69 Å². The Morgan fingerprint density at radius 1 is 1.32 bits per heavy atom. The van der Waals surface area contributed by atoms with Gasteiger partial charge in [0.1, 0.15) is 11.6 Å². The second-order valence-corrected chi connectivity index (χ2v) is 4.48. The Bertz CT molecular complexity index is 564. The van der Waals surface area contributed by atoms with Crippen LogP contribution in [0.3, 0.4) is 0 Å². The monoisotopic (exact) mass is 265 g/mol. The summed E-state index contributed by atoms with van der Waals surface area (Å²) in [5, 5.41) is 7.52. The molecule has 5 heteroatoms. The zero-order valence-electron chi connectivity index (χ0n) is 11.1. The van der Waals surface area contributed by atoms with E-state index in [1.807, 2.05) is 6.20 Å². The Labute approximate surface area is 111 Å². The lowest BCUT2D eigenvalue weighted by Crippen LogP contribution is -2.14. The second-order valence-electron chi connectivity index (χ2n) is 4.48. The van der Waals surface area contributed by atoms with Crippen molar-refractivity contribution >= 4 is 0 Å². The van der Waals surface area contributed by atoms with Gasteiger partial charge in [0.15, 0.2) is 0 Å². The van der Waals surface area contributed by atoms with Crippen molar-refractivity contribution in [3.63, 3.8) is 0 Å². The predicted octanol–water partition coefficient (Wildman–Crippen LogP) is 2.86. The van der Waals surface area contributed by atoms with Crippen LogP contribution in [0.1, 0.15) is 18.9 Å². The Morgan fingerprint density at radius 2 is 2.11 bits per heavy atom. The number of benzene rings is 1. The van der Waals surface area contributed by atoms with Gasteiger partial charge in [-0.3, -0.25) is 4.68 Å². The maximum atomic E-state index is 13.8. The summed E-state index contributed by atoms with van der Waals surface area (Å²) in [7, 11) is 1.79. The fourth-order valence-corrected chi connectivity index (χ4v) is 1.98. The summed E-state index contributed by atoms with van der Waals surface area (Å²) in [6.45, 7) is 3.59. The highest BCUT2D eigenvalue weighted by molar-refractivity contribution is 5.63. The molecule has 19 heavy (non-hydrogen) atoms. The highest BCUT2D eigenvalue weighted by Gasteiger charge is 2.14. The second kappa shape index (κ2) is 5.93. The SMILES string of the molecule is CCCNCc1cn(C)nc1-c1ccc(F)cc1F. The van der Waals surface area contributed by atoms with E-state index in [-0.39, 0.29) is 0 Å². The average molecular weight is 265 g/mol. The molecule has 3 nitrogen and oxygen atoms in total. The molecule has 0 saturated carbocycles. The van der Waals surface area contributed by atoms with Gasteiger partial charge in [0, 0.05) is 37.0 Å². The molecule has 2 rings (SSSR count). The molecule has 0 amide bonds. The van der Waals surface area contributed by atoms with Crippen molar-refractivity contribution in [2.45, 2.75) is 19.9 Å². The van der Waals surface area contributed by atoms with E-state index >= 15 is 0 Å². The number of hydrogen-bond acceptors (Lipinski definition) is 2. The van der Waals surface area contributed by atoms with Crippen LogP contribution in [-0.2, 0) is 13.6 Å². The third kappa shape index (κ3) is 3.17. The van der Waals surface area contributed by atoms with E-state index in [0.29, 0.717) is 17.8 Å². The summed E-state index contributed by atoms with van der Waals surface area (Å²) in [5.41, 5.74) is 1.79. The fourth-order valence-electron chi connectivity index (χ4n) is 1.98. The topological polar surface area (TPSA) is 29.9 Å². The maximum absolute atomic E-state index is 13.8. The van der Waals surface area contributed by atoms with Crippen molar-refractivity contribution in [3.05, 3.63) is 41.6 Å². The molecule has 2 aromatic rings. The molecule has 102 valence electrons. The zero-order valence-corrected chi connectivity index (χ0v) is 11.1. The summed E-state index contributed by atoms with van der Waals surface area (Å²) in [6, 6.07) is 3.56. The predicted molar refractivity (Wildman–Crippen MR) is 70.6 cm³/mol. The number of hydrogen-bond donors (Lipinski definition) is 1. The Kier molecular flexibility index (Phi) is 4.27. The smallest absolute Gasteiger partial charge is 0.135 e. The molecule has 0 spiro atoms. The highest BCUT2D eigenvalue weighted by atomic mass is 19.1. The molecule has 0 bridgehead atoms. The average Bonchev–Trinajstić information content (AvgIpc) is 2.71. The number of nitrogens with zero attached hydrogens (tertiary/aromatic N) is 2. The van der Waals surface area contributed by atoms with Crippen LogP contribution in [0, 0.1) is 11.6 Å². The number of aryl methyl sites for hydroxylation is 1. The van der Waals surface area contributed by atoms with E-state index in [2.05, 4.69) is 17.3 Å².